The van der Waals surface area contributed by atoms with Gasteiger partial charge in [-0.15, -0.1) is 11.3 Å². The van der Waals surface area contributed by atoms with Gasteiger partial charge in [-0.1, -0.05) is 30.3 Å². The van der Waals surface area contributed by atoms with E-state index in [1.165, 1.54) is 0 Å². The first kappa shape index (κ1) is 15.6. The van der Waals surface area contributed by atoms with E-state index < -0.39 is 0 Å². The number of benzene rings is 2. The molecule has 2 aromatic heterocycles. The van der Waals surface area contributed by atoms with Crippen molar-refractivity contribution in [3.8, 4) is 10.8 Å². The Morgan fingerprint density at radius 1 is 1.00 bits per heavy atom. The number of aromatic nitrogens is 1. The first-order chi connectivity index (χ1) is 12.1. The highest BCUT2D eigenvalue weighted by Gasteiger charge is 2.16. The van der Waals surface area contributed by atoms with Gasteiger partial charge in [0.1, 0.15) is 0 Å². The molecule has 0 radical (unpaired) electrons. The first-order valence-electron chi connectivity index (χ1n) is 7.95. The summed E-state index contributed by atoms with van der Waals surface area (Å²) in [5.74, 6) is 0.620. The summed E-state index contributed by atoms with van der Waals surface area (Å²) in [4.78, 5) is 17.1. The second-order valence-electron chi connectivity index (χ2n) is 5.87. The highest BCUT2D eigenvalue weighted by atomic mass is 32.1. The van der Waals surface area contributed by atoms with E-state index in [0.29, 0.717) is 5.76 Å². The zero-order valence-electron chi connectivity index (χ0n) is 13.9. The molecule has 0 saturated carbocycles. The molecular weight excluding hydrogens is 332 g/mol. The molecule has 0 aliphatic rings. The average Bonchev–Trinajstić information content (AvgIpc) is 3.24. The first-order valence-corrected chi connectivity index (χ1v) is 8.77. The van der Waals surface area contributed by atoms with Crippen LogP contribution in [-0.4, -0.2) is 10.9 Å². The fraction of sp³-hybridized carbons (Fsp3) is 0.100. The Bertz CT molecular complexity index is 1020. The fourth-order valence-corrected chi connectivity index (χ4v) is 3.67. The molecule has 1 amide bonds. The predicted molar refractivity (Wildman–Crippen MR) is 101 cm³/mol. The lowest BCUT2D eigenvalue weighted by atomic mass is 10.1. The Hall–Kier alpha value is -2.92. The second kappa shape index (κ2) is 6.18. The number of hydrogen-bond acceptors (Lipinski definition) is 4. The van der Waals surface area contributed by atoms with Crippen LogP contribution in [0.4, 0.5) is 5.69 Å². The summed E-state index contributed by atoms with van der Waals surface area (Å²) in [5, 5.41) is 3.71. The van der Waals surface area contributed by atoms with Crippen molar-refractivity contribution in [3.63, 3.8) is 0 Å². The van der Waals surface area contributed by atoms with E-state index in [-0.39, 0.29) is 11.7 Å². The van der Waals surface area contributed by atoms with Crippen LogP contribution < -0.4 is 5.32 Å². The summed E-state index contributed by atoms with van der Waals surface area (Å²) in [6.07, 6.45) is 0. The molecule has 124 valence electrons. The smallest absolute Gasteiger partial charge is 0.291 e. The molecule has 0 aliphatic heterocycles. The van der Waals surface area contributed by atoms with E-state index >= 15 is 0 Å². The minimum Gasteiger partial charge on any atom is -0.448 e. The van der Waals surface area contributed by atoms with Crippen LogP contribution in [0.2, 0.25) is 0 Å². The Labute approximate surface area is 149 Å². The van der Waals surface area contributed by atoms with Crippen LogP contribution in [0, 0.1) is 13.8 Å². The van der Waals surface area contributed by atoms with Crippen molar-refractivity contribution in [2.24, 2.45) is 0 Å². The highest BCUT2D eigenvalue weighted by molar-refractivity contribution is 7.21. The van der Waals surface area contributed by atoms with Crippen LogP contribution in [0.5, 0.6) is 0 Å². The van der Waals surface area contributed by atoms with Crippen LogP contribution in [0.25, 0.3) is 21.0 Å². The molecule has 4 aromatic rings. The molecule has 2 heterocycles. The van der Waals surface area contributed by atoms with Crippen LogP contribution in [0.15, 0.2) is 59.0 Å². The lowest BCUT2D eigenvalue weighted by molar-refractivity contribution is 0.0997. The van der Waals surface area contributed by atoms with E-state index in [9.17, 15) is 4.79 Å². The Morgan fingerprint density at radius 2 is 1.76 bits per heavy atom. The maximum atomic E-state index is 12.5. The normalized spacial score (nSPS) is 11.0. The Morgan fingerprint density at radius 3 is 2.52 bits per heavy atom. The standard InChI is InChI=1S/C20H16N2O2S/c1-12-6-5-7-13(2)18(12)22-19(23)15-10-11-16(24-15)20-21-14-8-3-4-9-17(14)25-20/h3-11H,1-2H3,(H,22,23). The van der Waals surface area contributed by atoms with E-state index in [4.69, 9.17) is 4.42 Å². The maximum absolute atomic E-state index is 12.5. The van der Waals surface area contributed by atoms with Gasteiger partial charge >= 0.3 is 0 Å². The van der Waals surface area contributed by atoms with Crippen molar-refractivity contribution in [1.82, 2.24) is 4.98 Å². The molecular formula is C20H16N2O2S. The third kappa shape index (κ3) is 2.94. The van der Waals surface area contributed by atoms with Gasteiger partial charge in [-0.2, -0.15) is 0 Å². The van der Waals surface area contributed by atoms with Gasteiger partial charge in [-0.05, 0) is 49.2 Å². The topological polar surface area (TPSA) is 55.1 Å². The van der Waals surface area contributed by atoms with Gasteiger partial charge in [0, 0.05) is 5.69 Å². The summed E-state index contributed by atoms with van der Waals surface area (Å²) in [5.41, 5.74) is 3.79. The van der Waals surface area contributed by atoms with Gasteiger partial charge in [-0.3, -0.25) is 4.79 Å². The van der Waals surface area contributed by atoms with Crippen LogP contribution >= 0.6 is 11.3 Å². The molecule has 1 N–H and O–H groups in total. The van der Waals surface area contributed by atoms with Gasteiger partial charge in [0.05, 0.1) is 10.2 Å². The summed E-state index contributed by atoms with van der Waals surface area (Å²) >= 11 is 1.55. The molecule has 0 unspecified atom stereocenters. The number of nitrogens with zero attached hydrogens (tertiary/aromatic N) is 1. The average molecular weight is 348 g/mol. The van der Waals surface area contributed by atoms with E-state index in [0.717, 1.165) is 32.0 Å². The Kier molecular flexibility index (Phi) is 3.86. The number of nitrogens with one attached hydrogen (secondary N) is 1. The minimum absolute atomic E-state index is 0.259. The maximum Gasteiger partial charge on any atom is 0.291 e. The number of aryl methyl sites for hydroxylation is 2. The number of hydrogen-bond donors (Lipinski definition) is 1. The third-order valence-electron chi connectivity index (χ3n) is 4.05. The number of rotatable bonds is 3. The number of anilines is 1. The molecule has 0 bridgehead atoms. The largest absolute Gasteiger partial charge is 0.448 e. The van der Waals surface area contributed by atoms with Gasteiger partial charge < -0.3 is 9.73 Å². The summed E-state index contributed by atoms with van der Waals surface area (Å²) in [6, 6.07) is 17.3. The molecule has 0 atom stereocenters. The summed E-state index contributed by atoms with van der Waals surface area (Å²) in [7, 11) is 0. The lowest BCUT2D eigenvalue weighted by Crippen LogP contribution is -2.12. The number of furan rings is 1. The number of fused-ring (bicyclic) bond motifs is 1. The molecule has 0 saturated heterocycles. The van der Waals surface area contributed by atoms with E-state index in [1.54, 1.807) is 23.5 Å². The van der Waals surface area contributed by atoms with Crippen molar-refractivity contribution >= 4 is 33.1 Å². The summed E-state index contributed by atoms with van der Waals surface area (Å²) in [6.45, 7) is 3.94. The fourth-order valence-electron chi connectivity index (χ4n) is 2.74. The van der Waals surface area contributed by atoms with Gasteiger partial charge in [0.25, 0.3) is 5.91 Å². The molecule has 25 heavy (non-hydrogen) atoms. The third-order valence-corrected chi connectivity index (χ3v) is 5.11. The molecule has 4 rings (SSSR count). The molecule has 0 spiro atoms. The minimum atomic E-state index is -0.259. The van der Waals surface area contributed by atoms with Crippen molar-refractivity contribution in [3.05, 3.63) is 71.5 Å². The number of carbonyl (C=O) groups excluding carboxylic acids is 1. The van der Waals surface area contributed by atoms with Crippen molar-refractivity contribution in [2.45, 2.75) is 13.8 Å². The quantitative estimate of drug-likeness (QED) is 0.537. The molecule has 0 aliphatic carbocycles. The molecule has 4 nitrogen and oxygen atoms in total. The molecule has 5 heteroatoms. The van der Waals surface area contributed by atoms with Crippen LogP contribution in [0.1, 0.15) is 21.7 Å². The zero-order valence-corrected chi connectivity index (χ0v) is 14.7. The van der Waals surface area contributed by atoms with Gasteiger partial charge in [0.15, 0.2) is 16.5 Å². The number of thiazole rings is 1. The van der Waals surface area contributed by atoms with Crippen molar-refractivity contribution < 1.29 is 9.21 Å². The van der Waals surface area contributed by atoms with E-state index in [1.807, 2.05) is 56.3 Å². The number of amides is 1. The number of carbonyl (C=O) groups is 1. The highest BCUT2D eigenvalue weighted by Crippen LogP contribution is 2.31. The van der Waals surface area contributed by atoms with E-state index in [2.05, 4.69) is 10.3 Å². The monoisotopic (exact) mass is 348 g/mol. The Balaban J connectivity index is 1.61. The van der Waals surface area contributed by atoms with Crippen molar-refractivity contribution in [2.75, 3.05) is 5.32 Å². The van der Waals surface area contributed by atoms with Gasteiger partial charge in [0.2, 0.25) is 0 Å². The second-order valence-corrected chi connectivity index (χ2v) is 6.90. The van der Waals surface area contributed by atoms with Gasteiger partial charge in [-0.25, -0.2) is 4.98 Å². The van der Waals surface area contributed by atoms with Crippen LogP contribution in [0.3, 0.4) is 0 Å². The van der Waals surface area contributed by atoms with Crippen molar-refractivity contribution in [1.29, 1.82) is 0 Å². The predicted octanol–water partition coefficient (Wildman–Crippen LogP) is 5.43. The lowest BCUT2D eigenvalue weighted by Gasteiger charge is -2.10. The van der Waals surface area contributed by atoms with Crippen LogP contribution in [-0.2, 0) is 0 Å². The number of para-hydroxylation sites is 2. The molecule has 2 aromatic carbocycles. The zero-order chi connectivity index (χ0) is 17.4. The SMILES string of the molecule is Cc1cccc(C)c1NC(=O)c1ccc(-c2nc3ccccc3s2)o1. The summed E-state index contributed by atoms with van der Waals surface area (Å²) < 4.78 is 6.84. The molecule has 0 fully saturated rings.